The van der Waals surface area contributed by atoms with Gasteiger partial charge in [0, 0.05) is 27.2 Å². The van der Waals surface area contributed by atoms with Crippen LogP contribution in [0.3, 0.4) is 0 Å². The Morgan fingerprint density at radius 1 is 1.08 bits per heavy atom. The first-order chi connectivity index (χ1) is 12.1. The molecule has 3 heterocycles. The van der Waals surface area contributed by atoms with E-state index in [1.54, 1.807) is 13.1 Å². The molecule has 0 radical (unpaired) electrons. The summed E-state index contributed by atoms with van der Waals surface area (Å²) >= 11 is 0. The van der Waals surface area contributed by atoms with Gasteiger partial charge in [-0.1, -0.05) is 12.1 Å². The second kappa shape index (κ2) is 6.16. The Kier molecular flexibility index (Phi) is 3.83. The van der Waals surface area contributed by atoms with Crippen LogP contribution in [0.5, 0.6) is 0 Å². The van der Waals surface area contributed by atoms with Gasteiger partial charge in [-0.05, 0) is 37.1 Å². The molecule has 7 heteroatoms. The van der Waals surface area contributed by atoms with Crippen LogP contribution in [0.4, 0.5) is 11.8 Å². The number of para-hydroxylation sites is 2. The van der Waals surface area contributed by atoms with Crippen LogP contribution in [0.15, 0.2) is 36.4 Å². The number of anilines is 2. The molecule has 1 aliphatic rings. The summed E-state index contributed by atoms with van der Waals surface area (Å²) in [6, 6.07) is 11.4. The molecule has 3 aromatic rings. The molecular weight excluding hydrogens is 316 g/mol. The number of aromatic nitrogens is 4. The summed E-state index contributed by atoms with van der Waals surface area (Å²) in [5.41, 5.74) is 2.15. The van der Waals surface area contributed by atoms with Crippen LogP contribution in [0.25, 0.3) is 11.0 Å². The maximum absolute atomic E-state index is 12.8. The summed E-state index contributed by atoms with van der Waals surface area (Å²) in [6.07, 6.45) is 2.36. The second-order valence-corrected chi connectivity index (χ2v) is 6.29. The number of rotatable bonds is 3. The predicted octanol–water partition coefficient (Wildman–Crippen LogP) is 2.24. The number of benzene rings is 1. The minimum absolute atomic E-state index is 0.223. The molecule has 4 rings (SSSR count). The van der Waals surface area contributed by atoms with Crippen molar-refractivity contribution in [2.75, 3.05) is 29.9 Å². The highest BCUT2D eigenvalue weighted by Crippen LogP contribution is 2.22. The lowest BCUT2D eigenvalue weighted by Gasteiger charge is -2.17. The molecule has 1 aliphatic heterocycles. The van der Waals surface area contributed by atoms with E-state index in [1.807, 2.05) is 41.9 Å². The smallest absolute Gasteiger partial charge is 0.280 e. The third-order valence-electron chi connectivity index (χ3n) is 4.67. The number of amides is 1. The zero-order valence-corrected chi connectivity index (χ0v) is 14.4. The van der Waals surface area contributed by atoms with Crippen molar-refractivity contribution in [3.05, 3.63) is 42.1 Å². The molecule has 25 heavy (non-hydrogen) atoms. The molecule has 0 saturated carbocycles. The average molecular weight is 336 g/mol. The number of nitrogens with zero attached hydrogens (tertiary/aromatic N) is 6. The molecule has 1 amide bonds. The van der Waals surface area contributed by atoms with Crippen LogP contribution in [0.2, 0.25) is 0 Å². The Hall–Kier alpha value is -2.96. The van der Waals surface area contributed by atoms with E-state index in [-0.39, 0.29) is 5.91 Å². The fourth-order valence-corrected chi connectivity index (χ4v) is 3.25. The molecule has 1 saturated heterocycles. The number of carbonyl (C=O) groups is 1. The van der Waals surface area contributed by atoms with E-state index in [9.17, 15) is 4.79 Å². The molecule has 2 aromatic heterocycles. The highest BCUT2D eigenvalue weighted by Gasteiger charge is 2.21. The van der Waals surface area contributed by atoms with Crippen molar-refractivity contribution in [1.29, 1.82) is 0 Å². The van der Waals surface area contributed by atoms with E-state index >= 15 is 0 Å². The first-order valence-electron chi connectivity index (χ1n) is 8.43. The topological polar surface area (TPSA) is 67.2 Å². The van der Waals surface area contributed by atoms with Gasteiger partial charge in [-0.15, -0.1) is 10.2 Å². The Morgan fingerprint density at radius 2 is 1.84 bits per heavy atom. The summed E-state index contributed by atoms with van der Waals surface area (Å²) < 4.78 is 1.90. The van der Waals surface area contributed by atoms with Crippen molar-refractivity contribution in [1.82, 2.24) is 19.7 Å². The Labute approximate surface area is 145 Å². The minimum atomic E-state index is -0.223. The molecule has 1 aromatic carbocycles. The molecule has 0 N–H and O–H groups in total. The Balaban J connectivity index is 1.59. The van der Waals surface area contributed by atoms with Gasteiger partial charge in [-0.3, -0.25) is 9.69 Å². The molecule has 0 spiro atoms. The average Bonchev–Trinajstić information content (AvgIpc) is 3.30. The zero-order valence-electron chi connectivity index (χ0n) is 14.4. The van der Waals surface area contributed by atoms with Crippen molar-refractivity contribution in [3.63, 3.8) is 0 Å². The monoisotopic (exact) mass is 336 g/mol. The number of hydrogen-bond acceptors (Lipinski definition) is 5. The maximum atomic E-state index is 12.8. The minimum Gasteiger partial charge on any atom is -0.355 e. The standard InChI is InChI=1S/C18H20N6O/c1-22-15-8-4-3-7-13(15)19-18(22)23(2)17(25)14-9-10-16(21-20-14)24-11-5-6-12-24/h3-4,7-10H,5-6,11-12H2,1-2H3. The third kappa shape index (κ3) is 2.71. The maximum Gasteiger partial charge on any atom is 0.280 e. The van der Waals surface area contributed by atoms with Crippen LogP contribution in [0, 0.1) is 0 Å². The van der Waals surface area contributed by atoms with Crippen molar-refractivity contribution in [2.45, 2.75) is 12.8 Å². The van der Waals surface area contributed by atoms with Crippen molar-refractivity contribution >= 4 is 28.7 Å². The van der Waals surface area contributed by atoms with Gasteiger partial charge in [0.1, 0.15) is 0 Å². The molecular formula is C18H20N6O. The SMILES string of the molecule is CN(C(=O)c1ccc(N2CCCC2)nn1)c1nc2ccccc2n1C. The quantitative estimate of drug-likeness (QED) is 0.734. The molecule has 7 nitrogen and oxygen atoms in total. The lowest BCUT2D eigenvalue weighted by atomic mass is 10.3. The highest BCUT2D eigenvalue weighted by atomic mass is 16.2. The normalized spacial score (nSPS) is 14.2. The summed E-state index contributed by atoms with van der Waals surface area (Å²) in [7, 11) is 3.61. The van der Waals surface area contributed by atoms with Crippen LogP contribution >= 0.6 is 0 Å². The number of imidazole rings is 1. The van der Waals surface area contributed by atoms with Crippen molar-refractivity contribution < 1.29 is 4.79 Å². The van der Waals surface area contributed by atoms with E-state index in [0.717, 1.165) is 29.9 Å². The molecule has 0 aliphatic carbocycles. The lowest BCUT2D eigenvalue weighted by molar-refractivity contribution is 0.0985. The molecule has 0 atom stereocenters. The fourth-order valence-electron chi connectivity index (χ4n) is 3.25. The summed E-state index contributed by atoms with van der Waals surface area (Å²) in [6.45, 7) is 2.00. The fraction of sp³-hybridized carbons (Fsp3) is 0.333. The van der Waals surface area contributed by atoms with Gasteiger partial charge in [-0.2, -0.15) is 0 Å². The van der Waals surface area contributed by atoms with E-state index < -0.39 is 0 Å². The first-order valence-corrected chi connectivity index (χ1v) is 8.43. The van der Waals surface area contributed by atoms with Gasteiger partial charge in [0.15, 0.2) is 11.5 Å². The molecule has 1 fully saturated rings. The number of fused-ring (bicyclic) bond motifs is 1. The van der Waals surface area contributed by atoms with Crippen LogP contribution in [-0.4, -0.2) is 45.8 Å². The Bertz CT molecular complexity index is 911. The first kappa shape index (κ1) is 15.6. The van der Waals surface area contributed by atoms with E-state index in [0.29, 0.717) is 11.6 Å². The van der Waals surface area contributed by atoms with Gasteiger partial charge >= 0.3 is 0 Å². The molecule has 128 valence electrons. The molecule has 0 unspecified atom stereocenters. The number of aryl methyl sites for hydroxylation is 1. The highest BCUT2D eigenvalue weighted by molar-refractivity contribution is 6.04. The largest absolute Gasteiger partial charge is 0.355 e. The number of hydrogen-bond donors (Lipinski definition) is 0. The van der Waals surface area contributed by atoms with Gasteiger partial charge < -0.3 is 9.47 Å². The van der Waals surface area contributed by atoms with Crippen LogP contribution in [0.1, 0.15) is 23.3 Å². The van der Waals surface area contributed by atoms with Gasteiger partial charge in [0.25, 0.3) is 5.91 Å². The van der Waals surface area contributed by atoms with E-state index in [2.05, 4.69) is 20.1 Å². The van der Waals surface area contributed by atoms with E-state index in [1.165, 1.54) is 17.7 Å². The van der Waals surface area contributed by atoms with E-state index in [4.69, 9.17) is 0 Å². The van der Waals surface area contributed by atoms with Crippen LogP contribution < -0.4 is 9.80 Å². The molecule has 0 bridgehead atoms. The van der Waals surface area contributed by atoms with Crippen molar-refractivity contribution in [2.24, 2.45) is 7.05 Å². The Morgan fingerprint density at radius 3 is 2.52 bits per heavy atom. The van der Waals surface area contributed by atoms with Crippen LogP contribution in [-0.2, 0) is 7.05 Å². The second-order valence-electron chi connectivity index (χ2n) is 6.29. The zero-order chi connectivity index (χ0) is 17.4. The third-order valence-corrected chi connectivity index (χ3v) is 4.67. The van der Waals surface area contributed by atoms with Crippen molar-refractivity contribution in [3.8, 4) is 0 Å². The summed E-state index contributed by atoms with van der Waals surface area (Å²) in [4.78, 5) is 21.0. The number of carbonyl (C=O) groups excluding carboxylic acids is 1. The lowest BCUT2D eigenvalue weighted by Crippen LogP contribution is -2.30. The van der Waals surface area contributed by atoms with Gasteiger partial charge in [-0.25, -0.2) is 4.98 Å². The van der Waals surface area contributed by atoms with Gasteiger partial charge in [0.2, 0.25) is 5.95 Å². The van der Waals surface area contributed by atoms with Gasteiger partial charge in [0.05, 0.1) is 11.0 Å². The summed E-state index contributed by atoms with van der Waals surface area (Å²) in [5, 5.41) is 8.36. The summed E-state index contributed by atoms with van der Waals surface area (Å²) in [5.74, 6) is 1.19. The predicted molar refractivity (Wildman–Crippen MR) is 96.9 cm³/mol.